The lowest BCUT2D eigenvalue weighted by Crippen LogP contribution is -2.30. The lowest BCUT2D eigenvalue weighted by Gasteiger charge is -2.25. The van der Waals surface area contributed by atoms with E-state index in [-0.39, 0.29) is 24.4 Å². The zero-order chi connectivity index (χ0) is 12.8. The third kappa shape index (κ3) is 4.71. The highest BCUT2D eigenvalue weighted by atomic mass is 35.5. The highest BCUT2D eigenvalue weighted by Gasteiger charge is 2.21. The molecule has 0 fully saturated rings. The number of fused-ring (bicyclic) bond motifs is 1. The summed E-state index contributed by atoms with van der Waals surface area (Å²) in [5.41, 5.74) is 1.27. The van der Waals surface area contributed by atoms with Gasteiger partial charge in [-0.2, -0.15) is 0 Å². The maximum atomic E-state index is 11.9. The molecule has 0 bridgehead atoms. The van der Waals surface area contributed by atoms with Crippen LogP contribution in [0, 0.1) is 0 Å². The van der Waals surface area contributed by atoms with Crippen molar-refractivity contribution in [2.45, 2.75) is 30.2 Å². The van der Waals surface area contributed by atoms with Crippen LogP contribution in [0.2, 0.25) is 0 Å². The molecular weight excluding hydrogens is 280 g/mol. The number of carbonyl (C=O) groups excluding carboxylic acids is 1. The molecule has 1 unspecified atom stereocenters. The van der Waals surface area contributed by atoms with Gasteiger partial charge in [-0.1, -0.05) is 18.2 Å². The molecule has 0 aromatic heterocycles. The fourth-order valence-corrected chi connectivity index (χ4v) is 3.31. The normalized spacial score (nSPS) is 17.2. The molecule has 1 amide bonds. The van der Waals surface area contributed by atoms with Crippen molar-refractivity contribution >= 4 is 30.1 Å². The molecule has 2 rings (SSSR count). The van der Waals surface area contributed by atoms with Crippen LogP contribution in [-0.4, -0.2) is 25.3 Å². The molecule has 19 heavy (non-hydrogen) atoms. The summed E-state index contributed by atoms with van der Waals surface area (Å²) in [5.74, 6) is 1.25. The maximum absolute atomic E-state index is 11.9. The Morgan fingerprint density at radius 2 is 2.21 bits per heavy atom. The summed E-state index contributed by atoms with van der Waals surface area (Å²) in [6.45, 7) is 0.893. The van der Waals surface area contributed by atoms with E-state index < -0.39 is 0 Å². The molecule has 3 nitrogen and oxygen atoms in total. The fraction of sp³-hybridized carbons (Fsp3) is 0.500. The quantitative estimate of drug-likeness (QED) is 0.822. The number of amides is 1. The van der Waals surface area contributed by atoms with E-state index >= 15 is 0 Å². The second-order valence-electron chi connectivity index (χ2n) is 4.50. The van der Waals surface area contributed by atoms with Crippen LogP contribution in [0.4, 0.5) is 0 Å². The molecule has 2 N–H and O–H groups in total. The van der Waals surface area contributed by atoms with E-state index in [9.17, 15) is 4.79 Å². The molecular formula is C14H21ClN2OS. The Kier molecular flexibility index (Phi) is 7.28. The monoisotopic (exact) mass is 300 g/mol. The first-order valence-electron chi connectivity index (χ1n) is 6.47. The van der Waals surface area contributed by atoms with Gasteiger partial charge in [0.1, 0.15) is 0 Å². The van der Waals surface area contributed by atoms with E-state index in [1.165, 1.54) is 10.5 Å². The van der Waals surface area contributed by atoms with Gasteiger partial charge >= 0.3 is 0 Å². The van der Waals surface area contributed by atoms with Gasteiger partial charge < -0.3 is 10.6 Å². The van der Waals surface area contributed by atoms with Crippen molar-refractivity contribution in [2.75, 3.05) is 19.3 Å². The maximum Gasteiger partial charge on any atom is 0.220 e. The van der Waals surface area contributed by atoms with E-state index in [4.69, 9.17) is 0 Å². The topological polar surface area (TPSA) is 41.1 Å². The molecule has 0 saturated carbocycles. The van der Waals surface area contributed by atoms with Gasteiger partial charge in [0.2, 0.25) is 5.91 Å². The Balaban J connectivity index is 0.00000180. The molecule has 0 saturated heterocycles. The summed E-state index contributed by atoms with van der Waals surface area (Å²) < 4.78 is 0. The van der Waals surface area contributed by atoms with Gasteiger partial charge in [-0.25, -0.2) is 0 Å². The molecule has 0 spiro atoms. The number of benzene rings is 1. The zero-order valence-corrected chi connectivity index (χ0v) is 12.8. The minimum atomic E-state index is 0. The van der Waals surface area contributed by atoms with Crippen molar-refractivity contribution in [1.29, 1.82) is 0 Å². The zero-order valence-electron chi connectivity index (χ0n) is 11.1. The fourth-order valence-electron chi connectivity index (χ4n) is 2.18. The molecule has 0 aliphatic carbocycles. The third-order valence-electron chi connectivity index (χ3n) is 3.12. The minimum absolute atomic E-state index is 0. The highest BCUT2D eigenvalue weighted by molar-refractivity contribution is 7.99. The smallest absolute Gasteiger partial charge is 0.220 e. The molecule has 1 atom stereocenters. The van der Waals surface area contributed by atoms with Crippen LogP contribution >= 0.6 is 24.2 Å². The van der Waals surface area contributed by atoms with Crippen LogP contribution in [-0.2, 0) is 4.79 Å². The molecule has 106 valence electrons. The standard InChI is InChI=1S/C14H20N2OS.ClH/c1-15-9-4-7-14(17)16-12-8-10-18-13-6-3-2-5-11(12)13;/h2-3,5-6,12,15H,4,7-10H2,1H3,(H,16,17);1H. The Labute approximate surface area is 125 Å². The number of rotatable bonds is 5. The summed E-state index contributed by atoms with van der Waals surface area (Å²) in [5, 5.41) is 6.21. The van der Waals surface area contributed by atoms with Gasteiger partial charge in [-0.3, -0.25) is 4.79 Å². The van der Waals surface area contributed by atoms with Crippen LogP contribution < -0.4 is 10.6 Å². The number of halogens is 1. The van der Waals surface area contributed by atoms with Gasteiger partial charge in [0.15, 0.2) is 0 Å². The highest BCUT2D eigenvalue weighted by Crippen LogP contribution is 2.35. The summed E-state index contributed by atoms with van der Waals surface area (Å²) in [7, 11) is 1.91. The van der Waals surface area contributed by atoms with Crippen molar-refractivity contribution in [3.8, 4) is 0 Å². The van der Waals surface area contributed by atoms with Crippen LogP contribution in [0.15, 0.2) is 29.2 Å². The number of hydrogen-bond donors (Lipinski definition) is 2. The Morgan fingerprint density at radius 1 is 1.42 bits per heavy atom. The first-order valence-corrected chi connectivity index (χ1v) is 7.45. The van der Waals surface area contributed by atoms with E-state index in [1.807, 2.05) is 24.9 Å². The van der Waals surface area contributed by atoms with Gasteiger partial charge in [-0.05, 0) is 38.1 Å². The molecule has 1 aliphatic rings. The first kappa shape index (κ1) is 16.3. The van der Waals surface area contributed by atoms with E-state index in [0.717, 1.165) is 25.1 Å². The minimum Gasteiger partial charge on any atom is -0.349 e. The summed E-state index contributed by atoms with van der Waals surface area (Å²) >= 11 is 1.88. The average molecular weight is 301 g/mol. The van der Waals surface area contributed by atoms with Gasteiger partial charge in [0.25, 0.3) is 0 Å². The lowest BCUT2D eigenvalue weighted by molar-refractivity contribution is -0.122. The SMILES string of the molecule is CNCCCC(=O)NC1CCSc2ccccc21.Cl. The third-order valence-corrected chi connectivity index (χ3v) is 4.25. The Morgan fingerprint density at radius 3 is 3.00 bits per heavy atom. The van der Waals surface area contributed by atoms with Crippen LogP contribution in [0.25, 0.3) is 0 Å². The first-order chi connectivity index (χ1) is 8.81. The van der Waals surface area contributed by atoms with Crippen molar-refractivity contribution < 1.29 is 4.79 Å². The Bertz CT molecular complexity index is 414. The molecule has 5 heteroatoms. The summed E-state index contributed by atoms with van der Waals surface area (Å²) in [6.07, 6.45) is 2.53. The predicted molar refractivity (Wildman–Crippen MR) is 83.1 cm³/mol. The molecule has 1 aromatic rings. The summed E-state index contributed by atoms with van der Waals surface area (Å²) in [6, 6.07) is 8.57. The predicted octanol–water partition coefficient (Wildman–Crippen LogP) is 2.76. The second kappa shape index (κ2) is 8.46. The van der Waals surface area contributed by atoms with Crippen LogP contribution in [0.5, 0.6) is 0 Å². The number of carbonyl (C=O) groups is 1. The number of hydrogen-bond acceptors (Lipinski definition) is 3. The van der Waals surface area contributed by atoms with Gasteiger partial charge in [-0.15, -0.1) is 24.2 Å². The number of nitrogens with one attached hydrogen (secondary N) is 2. The van der Waals surface area contributed by atoms with E-state index in [0.29, 0.717) is 6.42 Å². The van der Waals surface area contributed by atoms with Gasteiger partial charge in [0.05, 0.1) is 6.04 Å². The lowest BCUT2D eigenvalue weighted by atomic mass is 10.0. The molecule has 1 heterocycles. The van der Waals surface area contributed by atoms with Gasteiger partial charge in [0, 0.05) is 17.1 Å². The number of thioether (sulfide) groups is 1. The van der Waals surface area contributed by atoms with Crippen molar-refractivity contribution in [1.82, 2.24) is 10.6 Å². The van der Waals surface area contributed by atoms with E-state index in [2.05, 4.69) is 28.8 Å². The summed E-state index contributed by atoms with van der Waals surface area (Å²) in [4.78, 5) is 13.2. The van der Waals surface area contributed by atoms with Crippen LogP contribution in [0.1, 0.15) is 30.9 Å². The molecule has 1 aliphatic heterocycles. The largest absolute Gasteiger partial charge is 0.349 e. The van der Waals surface area contributed by atoms with E-state index in [1.54, 1.807) is 0 Å². The Hall–Kier alpha value is -0.710. The van der Waals surface area contributed by atoms with Crippen molar-refractivity contribution in [3.05, 3.63) is 29.8 Å². The average Bonchev–Trinajstić information content (AvgIpc) is 2.39. The van der Waals surface area contributed by atoms with Crippen molar-refractivity contribution in [3.63, 3.8) is 0 Å². The van der Waals surface area contributed by atoms with Crippen molar-refractivity contribution in [2.24, 2.45) is 0 Å². The van der Waals surface area contributed by atoms with Crippen LogP contribution in [0.3, 0.4) is 0 Å². The second-order valence-corrected chi connectivity index (χ2v) is 5.64. The molecule has 1 aromatic carbocycles. The molecule has 0 radical (unpaired) electrons.